The molecule has 0 atom stereocenters. The van der Waals surface area contributed by atoms with Crippen molar-refractivity contribution in [3.05, 3.63) is 47.7 Å². The Kier molecular flexibility index (Phi) is 9.64. The molecule has 1 spiro atoms. The molecule has 1 aliphatic heterocycles. The lowest BCUT2D eigenvalue weighted by atomic mass is 9.60. The van der Waals surface area contributed by atoms with E-state index in [4.69, 9.17) is 4.74 Å². The zero-order chi connectivity index (χ0) is 29.8. The molecule has 40 heavy (non-hydrogen) atoms. The largest absolute Gasteiger partial charge is 0.444 e. The van der Waals surface area contributed by atoms with Crippen molar-refractivity contribution in [1.29, 1.82) is 0 Å². The van der Waals surface area contributed by atoms with E-state index in [1.54, 1.807) is 22.8 Å². The first kappa shape index (κ1) is 31.1. The number of aryl methyl sites for hydroxylation is 1. The van der Waals surface area contributed by atoms with E-state index in [0.717, 1.165) is 11.3 Å². The molecule has 10 heteroatoms. The molecule has 1 saturated heterocycles. The molecule has 2 aromatic rings. The number of urea groups is 1. The van der Waals surface area contributed by atoms with Gasteiger partial charge in [-0.3, -0.25) is 4.90 Å². The number of carbonyl (C=O) groups is 2. The Balaban J connectivity index is 0.00000216. The number of ether oxygens (including phenoxy) is 2. The lowest BCUT2D eigenvalue weighted by Gasteiger charge is -2.60. The fourth-order valence-corrected chi connectivity index (χ4v) is 5.24. The Morgan fingerprint density at radius 2 is 1.73 bits per heavy atom. The molecule has 1 N–H and O–H groups in total. The molecule has 4 rings (SSSR count). The van der Waals surface area contributed by atoms with Crippen LogP contribution in [0, 0.1) is 12.3 Å². The van der Waals surface area contributed by atoms with Crippen LogP contribution in [0.4, 0.5) is 29.7 Å². The number of likely N-dealkylation sites (tertiary alicyclic amines) is 1. The van der Waals surface area contributed by atoms with Crippen LogP contribution in [-0.2, 0) is 4.74 Å². The molecule has 3 amide bonds. The van der Waals surface area contributed by atoms with Crippen LogP contribution in [0.2, 0.25) is 0 Å². The van der Waals surface area contributed by atoms with Gasteiger partial charge in [-0.15, -0.1) is 0 Å². The van der Waals surface area contributed by atoms with Crippen molar-refractivity contribution in [2.75, 3.05) is 23.3 Å². The molecule has 8 nitrogen and oxygen atoms in total. The van der Waals surface area contributed by atoms with Gasteiger partial charge in [0.05, 0.1) is 0 Å². The summed E-state index contributed by atoms with van der Waals surface area (Å²) in [6, 6.07) is 10.2. The third kappa shape index (κ3) is 7.20. The predicted molar refractivity (Wildman–Crippen MR) is 152 cm³/mol. The van der Waals surface area contributed by atoms with Crippen molar-refractivity contribution >= 4 is 23.5 Å². The summed E-state index contributed by atoms with van der Waals surface area (Å²) in [6.07, 6.45) is 1.09. The molecular weight excluding hydrogens is 518 g/mol. The van der Waals surface area contributed by atoms with E-state index in [0.29, 0.717) is 31.6 Å². The highest BCUT2D eigenvalue weighted by molar-refractivity contribution is 6.03. The molecule has 2 fully saturated rings. The molecule has 1 saturated carbocycles. The van der Waals surface area contributed by atoms with Crippen molar-refractivity contribution in [3.8, 4) is 5.88 Å². The highest BCUT2D eigenvalue weighted by atomic mass is 19.3. The normalized spacial score (nSPS) is 16.1. The number of nitrogens with zero attached hydrogens (tertiary/aromatic N) is 3. The van der Waals surface area contributed by atoms with Crippen LogP contribution in [0.25, 0.3) is 0 Å². The number of nitrogens with one attached hydrogen (secondary N) is 1. The average molecular weight is 561 g/mol. The maximum Gasteiger partial charge on any atom is 0.410 e. The Morgan fingerprint density at radius 1 is 1.10 bits per heavy atom. The van der Waals surface area contributed by atoms with Gasteiger partial charge >= 0.3 is 18.7 Å². The van der Waals surface area contributed by atoms with Crippen molar-refractivity contribution in [2.24, 2.45) is 5.41 Å². The monoisotopic (exact) mass is 560 g/mol. The lowest BCUT2D eigenvalue weighted by molar-refractivity contribution is -0.0768. The van der Waals surface area contributed by atoms with E-state index in [9.17, 15) is 18.4 Å². The fraction of sp³-hybridized carbons (Fsp3) is 0.567. The summed E-state index contributed by atoms with van der Waals surface area (Å²) in [5, 5.41) is 2.75. The van der Waals surface area contributed by atoms with Gasteiger partial charge < -0.3 is 19.7 Å². The first-order chi connectivity index (χ1) is 18.8. The zero-order valence-electron chi connectivity index (χ0n) is 24.8. The smallest absolute Gasteiger partial charge is 0.410 e. The number of benzene rings is 1. The minimum Gasteiger partial charge on any atom is -0.444 e. The Labute approximate surface area is 236 Å². The van der Waals surface area contributed by atoms with Crippen LogP contribution in [0.3, 0.4) is 0 Å². The second kappa shape index (κ2) is 12.4. The minimum absolute atomic E-state index is 0.0672. The fourth-order valence-electron chi connectivity index (χ4n) is 5.24. The van der Waals surface area contributed by atoms with Crippen molar-refractivity contribution < 1.29 is 27.8 Å². The quantitative estimate of drug-likeness (QED) is 0.394. The summed E-state index contributed by atoms with van der Waals surface area (Å²) in [4.78, 5) is 33.6. The number of aromatic nitrogens is 1. The van der Waals surface area contributed by atoms with E-state index in [2.05, 4.69) is 28.9 Å². The standard InChI is InChI=1S/C28H36F2N4O4.C2H6/c1-17(2)20-9-7-8-10-22(20)34(25(35)32-21-12-11-18(3)31-23(21)37-24(29)30)19-13-28(14-19)15-33(16-28)26(36)38-27(4,5)6;1-2/h7-12,17,19,24H,13-16H2,1-6H3,(H,32,35);1-2H3. The summed E-state index contributed by atoms with van der Waals surface area (Å²) < 4.78 is 36.1. The molecule has 0 bridgehead atoms. The number of rotatable bonds is 6. The number of amides is 3. The Bertz CT molecular complexity index is 1180. The molecule has 2 heterocycles. The van der Waals surface area contributed by atoms with Gasteiger partial charge in [0.25, 0.3) is 0 Å². The molecule has 0 unspecified atom stereocenters. The first-order valence-corrected chi connectivity index (χ1v) is 13.9. The molecule has 1 aromatic heterocycles. The second-order valence-corrected chi connectivity index (χ2v) is 11.6. The van der Waals surface area contributed by atoms with Gasteiger partial charge in [-0.2, -0.15) is 8.78 Å². The molecule has 0 radical (unpaired) electrons. The van der Waals surface area contributed by atoms with Crippen LogP contribution in [0.1, 0.15) is 78.5 Å². The number of carbonyl (C=O) groups excluding carboxylic acids is 2. The van der Waals surface area contributed by atoms with Gasteiger partial charge in [0.15, 0.2) is 0 Å². The maximum absolute atomic E-state index is 13.8. The highest BCUT2D eigenvalue weighted by Crippen LogP contribution is 2.52. The highest BCUT2D eigenvalue weighted by Gasteiger charge is 2.56. The predicted octanol–water partition coefficient (Wildman–Crippen LogP) is 7.58. The second-order valence-electron chi connectivity index (χ2n) is 11.6. The third-order valence-corrected chi connectivity index (χ3v) is 6.89. The number of halogens is 2. The number of para-hydroxylation sites is 1. The summed E-state index contributed by atoms with van der Waals surface area (Å²) in [6.45, 7) is 13.4. The number of alkyl halides is 2. The number of pyridine rings is 1. The molecule has 1 aromatic carbocycles. The first-order valence-electron chi connectivity index (χ1n) is 13.9. The molecule has 1 aliphatic carbocycles. The molecule has 220 valence electrons. The Hall–Kier alpha value is -3.43. The van der Waals surface area contributed by atoms with E-state index < -0.39 is 18.2 Å². The van der Waals surface area contributed by atoms with Gasteiger partial charge in [0.2, 0.25) is 5.88 Å². The third-order valence-electron chi connectivity index (χ3n) is 6.89. The minimum atomic E-state index is -3.07. The number of hydrogen-bond donors (Lipinski definition) is 1. The average Bonchev–Trinajstić information content (AvgIpc) is 2.81. The number of anilines is 2. The van der Waals surface area contributed by atoms with Crippen LogP contribution >= 0.6 is 0 Å². The van der Waals surface area contributed by atoms with Gasteiger partial charge in [-0.1, -0.05) is 45.9 Å². The van der Waals surface area contributed by atoms with Crippen LogP contribution in [0.5, 0.6) is 5.88 Å². The SMILES string of the molecule is CC.Cc1ccc(NC(=O)N(c2ccccc2C(C)C)C2CC3(C2)CN(C(=O)OC(C)(C)C)C3)c(OC(F)F)n1. The zero-order valence-corrected chi connectivity index (χ0v) is 24.8. The van der Waals surface area contributed by atoms with Crippen molar-refractivity contribution in [2.45, 2.75) is 92.4 Å². The van der Waals surface area contributed by atoms with E-state index >= 15 is 0 Å². The molecular formula is C30H42F2N4O4. The summed E-state index contributed by atoms with van der Waals surface area (Å²) in [5.74, 6) is -0.178. The summed E-state index contributed by atoms with van der Waals surface area (Å²) in [7, 11) is 0. The van der Waals surface area contributed by atoms with Crippen molar-refractivity contribution in [3.63, 3.8) is 0 Å². The van der Waals surface area contributed by atoms with Crippen LogP contribution in [-0.4, -0.2) is 53.4 Å². The van der Waals surface area contributed by atoms with Crippen molar-refractivity contribution in [1.82, 2.24) is 9.88 Å². The van der Waals surface area contributed by atoms with E-state index in [-0.39, 0.29) is 35.0 Å². The van der Waals surface area contributed by atoms with Gasteiger partial charge in [0.1, 0.15) is 11.3 Å². The topological polar surface area (TPSA) is 84.0 Å². The van der Waals surface area contributed by atoms with Gasteiger partial charge in [0, 0.05) is 35.9 Å². The molecule has 2 aliphatic rings. The van der Waals surface area contributed by atoms with Gasteiger partial charge in [-0.05, 0) is 70.2 Å². The van der Waals surface area contributed by atoms with Gasteiger partial charge in [-0.25, -0.2) is 14.6 Å². The van der Waals surface area contributed by atoms with E-state index in [1.807, 2.05) is 58.9 Å². The van der Waals surface area contributed by atoms with Crippen LogP contribution < -0.4 is 15.0 Å². The van der Waals surface area contributed by atoms with Crippen LogP contribution in [0.15, 0.2) is 36.4 Å². The summed E-state index contributed by atoms with van der Waals surface area (Å²) >= 11 is 0. The Morgan fingerprint density at radius 3 is 2.30 bits per heavy atom. The lowest BCUT2D eigenvalue weighted by Crippen LogP contribution is -2.68. The maximum atomic E-state index is 13.8. The van der Waals surface area contributed by atoms with E-state index in [1.165, 1.54) is 6.07 Å². The number of hydrogen-bond acceptors (Lipinski definition) is 5. The summed E-state index contributed by atoms with van der Waals surface area (Å²) in [5.41, 5.74) is 1.69.